The predicted octanol–water partition coefficient (Wildman–Crippen LogP) is 3.43. The van der Waals surface area contributed by atoms with Crippen molar-refractivity contribution >= 4 is 29.5 Å². The molecule has 0 aromatic heterocycles. The first kappa shape index (κ1) is 17.5. The highest BCUT2D eigenvalue weighted by atomic mass is 32.2. The maximum Gasteiger partial charge on any atom is 0.193 e. The van der Waals surface area contributed by atoms with Crippen molar-refractivity contribution in [1.82, 2.24) is 10.2 Å². The lowest BCUT2D eigenvalue weighted by Gasteiger charge is -2.21. The Morgan fingerprint density at radius 3 is 2.91 bits per heavy atom. The molecule has 1 atom stereocenters. The van der Waals surface area contributed by atoms with Crippen LogP contribution in [0.1, 0.15) is 13.3 Å². The van der Waals surface area contributed by atoms with Gasteiger partial charge in [-0.05, 0) is 37.7 Å². The van der Waals surface area contributed by atoms with Gasteiger partial charge in [0, 0.05) is 36.0 Å². The van der Waals surface area contributed by atoms with Gasteiger partial charge in [-0.25, -0.2) is 0 Å². The molecule has 0 radical (unpaired) electrons. The zero-order chi connectivity index (χ0) is 15.6. The summed E-state index contributed by atoms with van der Waals surface area (Å²) in [5.74, 6) is 4.15. The van der Waals surface area contributed by atoms with E-state index in [0.717, 1.165) is 43.8 Å². The molecule has 0 bridgehead atoms. The molecule has 22 heavy (non-hydrogen) atoms. The fourth-order valence-corrected chi connectivity index (χ4v) is 3.88. The highest BCUT2D eigenvalue weighted by Crippen LogP contribution is 2.25. The average molecular weight is 338 g/mol. The van der Waals surface area contributed by atoms with Crippen LogP contribution in [0.25, 0.3) is 0 Å². The second-order valence-corrected chi connectivity index (χ2v) is 7.53. The lowest BCUT2D eigenvalue weighted by atomic mass is 10.2. The van der Waals surface area contributed by atoms with E-state index in [1.165, 1.54) is 17.1 Å². The van der Waals surface area contributed by atoms with E-state index in [4.69, 9.17) is 4.99 Å². The van der Waals surface area contributed by atoms with E-state index in [1.807, 2.05) is 23.5 Å². The van der Waals surface area contributed by atoms with Crippen LogP contribution in [0.5, 0.6) is 0 Å². The van der Waals surface area contributed by atoms with Crippen LogP contribution in [-0.4, -0.2) is 54.8 Å². The van der Waals surface area contributed by atoms with Gasteiger partial charge in [-0.3, -0.25) is 4.99 Å². The Bertz CT molecular complexity index is 450. The maximum atomic E-state index is 4.74. The van der Waals surface area contributed by atoms with Crippen molar-refractivity contribution in [1.29, 1.82) is 0 Å². The van der Waals surface area contributed by atoms with Gasteiger partial charge >= 0.3 is 0 Å². The number of nitrogens with one attached hydrogen (secondary N) is 1. The second kappa shape index (κ2) is 10.1. The van der Waals surface area contributed by atoms with Crippen molar-refractivity contribution in [2.45, 2.75) is 18.2 Å². The van der Waals surface area contributed by atoms with Crippen LogP contribution in [0, 0.1) is 5.92 Å². The largest absolute Gasteiger partial charge is 0.357 e. The summed E-state index contributed by atoms with van der Waals surface area (Å²) >= 11 is 3.83. The second-order valence-electron chi connectivity index (χ2n) is 5.45. The summed E-state index contributed by atoms with van der Waals surface area (Å²) < 4.78 is 0. The van der Waals surface area contributed by atoms with Gasteiger partial charge in [0.2, 0.25) is 0 Å². The number of hydrogen-bond donors (Lipinski definition) is 1. The lowest BCUT2D eigenvalue weighted by Crippen LogP contribution is -2.40. The molecule has 1 N–H and O–H groups in total. The van der Waals surface area contributed by atoms with Crippen LogP contribution in [0.15, 0.2) is 40.2 Å². The Morgan fingerprint density at radius 1 is 1.36 bits per heavy atom. The van der Waals surface area contributed by atoms with Crippen molar-refractivity contribution in [3.63, 3.8) is 0 Å². The molecule has 1 fully saturated rings. The fraction of sp³-hybridized carbons (Fsp3) is 0.588. The molecule has 5 heteroatoms. The molecule has 122 valence electrons. The molecule has 1 saturated heterocycles. The van der Waals surface area contributed by atoms with E-state index in [-0.39, 0.29) is 0 Å². The Kier molecular flexibility index (Phi) is 8.02. The smallest absolute Gasteiger partial charge is 0.193 e. The number of thioether (sulfide) groups is 2. The van der Waals surface area contributed by atoms with E-state index in [1.54, 1.807) is 0 Å². The van der Waals surface area contributed by atoms with Gasteiger partial charge in [-0.2, -0.15) is 11.8 Å². The standard InChI is InChI=1S/C17H27N3S2/c1-3-18-17(19-10-12-21-2)20-11-9-15(13-20)14-22-16-7-5-4-6-8-16/h4-8,15H,3,9-14H2,1-2H3,(H,18,19). The average Bonchev–Trinajstić information content (AvgIpc) is 3.02. The van der Waals surface area contributed by atoms with Crippen molar-refractivity contribution in [3.05, 3.63) is 30.3 Å². The summed E-state index contributed by atoms with van der Waals surface area (Å²) in [6, 6.07) is 10.7. The summed E-state index contributed by atoms with van der Waals surface area (Å²) in [7, 11) is 0. The molecule has 0 amide bonds. The van der Waals surface area contributed by atoms with Crippen LogP contribution in [0.3, 0.4) is 0 Å². The summed E-state index contributed by atoms with van der Waals surface area (Å²) in [6.07, 6.45) is 3.40. The number of guanidine groups is 1. The molecule has 1 heterocycles. The number of aliphatic imine (C=N–C) groups is 1. The molecule has 1 aliphatic rings. The monoisotopic (exact) mass is 337 g/mol. The molecule has 1 aromatic rings. The van der Waals surface area contributed by atoms with Gasteiger partial charge in [0.25, 0.3) is 0 Å². The van der Waals surface area contributed by atoms with Gasteiger partial charge in [0.1, 0.15) is 0 Å². The highest BCUT2D eigenvalue weighted by molar-refractivity contribution is 7.99. The molecule has 2 rings (SSSR count). The topological polar surface area (TPSA) is 27.6 Å². The summed E-state index contributed by atoms with van der Waals surface area (Å²) in [5.41, 5.74) is 0. The maximum absolute atomic E-state index is 4.74. The number of benzene rings is 1. The molecule has 0 saturated carbocycles. The molecule has 0 aliphatic carbocycles. The molecule has 1 aromatic carbocycles. The molecule has 1 aliphatic heterocycles. The van der Waals surface area contributed by atoms with E-state index in [2.05, 4.69) is 53.7 Å². The van der Waals surface area contributed by atoms with Crippen LogP contribution in [-0.2, 0) is 0 Å². The van der Waals surface area contributed by atoms with Crippen molar-refractivity contribution < 1.29 is 0 Å². The van der Waals surface area contributed by atoms with Crippen LogP contribution in [0.2, 0.25) is 0 Å². The molecular weight excluding hydrogens is 310 g/mol. The minimum atomic E-state index is 0.759. The molecule has 1 unspecified atom stereocenters. The first-order valence-electron chi connectivity index (χ1n) is 8.03. The van der Waals surface area contributed by atoms with E-state index in [0.29, 0.717) is 0 Å². The predicted molar refractivity (Wildman–Crippen MR) is 101 cm³/mol. The third-order valence-corrected chi connectivity index (χ3v) is 5.54. The highest BCUT2D eigenvalue weighted by Gasteiger charge is 2.24. The minimum Gasteiger partial charge on any atom is -0.357 e. The summed E-state index contributed by atoms with van der Waals surface area (Å²) in [6.45, 7) is 6.25. The van der Waals surface area contributed by atoms with Crippen molar-refractivity contribution in [2.24, 2.45) is 10.9 Å². The van der Waals surface area contributed by atoms with Gasteiger partial charge < -0.3 is 10.2 Å². The van der Waals surface area contributed by atoms with Crippen LogP contribution in [0.4, 0.5) is 0 Å². The van der Waals surface area contributed by atoms with Gasteiger partial charge in [0.05, 0.1) is 6.54 Å². The number of nitrogens with zero attached hydrogens (tertiary/aromatic N) is 2. The summed E-state index contributed by atoms with van der Waals surface area (Å²) in [5, 5.41) is 3.44. The number of likely N-dealkylation sites (tertiary alicyclic amines) is 1. The fourth-order valence-electron chi connectivity index (χ4n) is 2.56. The molecule has 3 nitrogen and oxygen atoms in total. The first-order chi connectivity index (χ1) is 10.8. The Morgan fingerprint density at radius 2 is 2.18 bits per heavy atom. The van der Waals surface area contributed by atoms with E-state index >= 15 is 0 Å². The minimum absolute atomic E-state index is 0.759. The molecule has 0 spiro atoms. The van der Waals surface area contributed by atoms with Crippen LogP contribution >= 0.6 is 23.5 Å². The van der Waals surface area contributed by atoms with Crippen molar-refractivity contribution in [3.8, 4) is 0 Å². The normalized spacial score (nSPS) is 18.7. The van der Waals surface area contributed by atoms with Crippen molar-refractivity contribution in [2.75, 3.05) is 43.9 Å². The van der Waals surface area contributed by atoms with Gasteiger partial charge in [-0.1, -0.05) is 18.2 Å². The Labute approximate surface area is 143 Å². The lowest BCUT2D eigenvalue weighted by molar-refractivity contribution is 0.475. The quantitative estimate of drug-likeness (QED) is 0.357. The summed E-state index contributed by atoms with van der Waals surface area (Å²) in [4.78, 5) is 8.55. The third-order valence-electron chi connectivity index (χ3n) is 3.71. The SMILES string of the molecule is CCNC(=NCCSC)N1CCC(CSc2ccccc2)C1. The number of rotatable bonds is 7. The van der Waals surface area contributed by atoms with Gasteiger partial charge in [-0.15, -0.1) is 11.8 Å². The number of hydrogen-bond acceptors (Lipinski definition) is 3. The third kappa shape index (κ3) is 5.76. The van der Waals surface area contributed by atoms with E-state index < -0.39 is 0 Å². The Balaban J connectivity index is 1.80. The van der Waals surface area contributed by atoms with E-state index in [9.17, 15) is 0 Å². The molecular formula is C17H27N3S2. The zero-order valence-corrected chi connectivity index (χ0v) is 15.3. The van der Waals surface area contributed by atoms with Gasteiger partial charge in [0.15, 0.2) is 5.96 Å². The first-order valence-corrected chi connectivity index (χ1v) is 10.4. The Hall–Kier alpha value is -0.810. The zero-order valence-electron chi connectivity index (χ0n) is 13.6. The van der Waals surface area contributed by atoms with Crippen LogP contribution < -0.4 is 5.32 Å².